The molecule has 2 aliphatic rings. The zero-order valence-electron chi connectivity index (χ0n) is 23.7. The fourth-order valence-corrected chi connectivity index (χ4v) is 4.37. The monoisotopic (exact) mass is 547 g/mol. The van der Waals surface area contributed by atoms with Crippen molar-refractivity contribution in [3.8, 4) is 5.75 Å². The molecule has 10 heteroatoms. The molecule has 0 radical (unpaired) electrons. The fraction of sp³-hybridized carbons (Fsp3) is 0.552. The number of esters is 1. The van der Waals surface area contributed by atoms with Crippen molar-refractivity contribution in [1.82, 2.24) is 0 Å². The van der Waals surface area contributed by atoms with Crippen LogP contribution in [0.5, 0.6) is 5.75 Å². The van der Waals surface area contributed by atoms with Crippen molar-refractivity contribution in [1.29, 1.82) is 0 Å². The Kier molecular flexibility index (Phi) is 8.92. The van der Waals surface area contributed by atoms with Gasteiger partial charge in [0.15, 0.2) is 12.0 Å². The van der Waals surface area contributed by atoms with E-state index in [1.807, 2.05) is 0 Å². The zero-order valence-corrected chi connectivity index (χ0v) is 23.7. The van der Waals surface area contributed by atoms with Crippen molar-refractivity contribution >= 4 is 29.6 Å². The molecular weight excluding hydrogens is 509 g/mol. The number of rotatable bonds is 2. The maximum absolute atomic E-state index is 15.0. The number of allylic oxidation sites excluding steroid dienone is 1. The molecule has 0 aromatic heterocycles. The molecule has 1 fully saturated rings. The van der Waals surface area contributed by atoms with Crippen LogP contribution in [0.3, 0.4) is 0 Å². The molecule has 0 spiro atoms. The highest BCUT2D eigenvalue weighted by Crippen LogP contribution is 2.35. The van der Waals surface area contributed by atoms with E-state index in [-0.39, 0.29) is 24.1 Å². The number of ether oxygens (including phenoxy) is 4. The quantitative estimate of drug-likeness (QED) is 0.382. The summed E-state index contributed by atoms with van der Waals surface area (Å²) < 4.78 is 37.6. The normalized spacial score (nSPS) is 25.6. The van der Waals surface area contributed by atoms with Crippen LogP contribution < -0.4 is 4.90 Å². The number of benzene rings is 1. The highest BCUT2D eigenvalue weighted by atomic mass is 19.1. The van der Waals surface area contributed by atoms with Crippen LogP contribution in [0.2, 0.25) is 0 Å². The number of carbonyl (C=O) groups is 3. The second-order valence-electron chi connectivity index (χ2n) is 11.1. The van der Waals surface area contributed by atoms with Crippen LogP contribution in [0.25, 0.3) is 6.08 Å². The van der Waals surface area contributed by atoms with Gasteiger partial charge in [-0.25, -0.2) is 14.0 Å². The van der Waals surface area contributed by atoms with Crippen molar-refractivity contribution in [3.05, 3.63) is 41.0 Å². The molecular formula is C29H38FNO8. The molecule has 1 unspecified atom stereocenters. The Hall–Kier alpha value is -3.24. The van der Waals surface area contributed by atoms with Gasteiger partial charge in [-0.05, 0) is 85.1 Å². The Morgan fingerprint density at radius 2 is 1.90 bits per heavy atom. The van der Waals surface area contributed by atoms with Crippen LogP contribution >= 0.6 is 0 Å². The van der Waals surface area contributed by atoms with Gasteiger partial charge in [-0.15, -0.1) is 0 Å². The summed E-state index contributed by atoms with van der Waals surface area (Å²) in [5.74, 6) is -3.14. The third-order valence-corrected chi connectivity index (χ3v) is 6.31. The summed E-state index contributed by atoms with van der Waals surface area (Å²) in [6.45, 7) is 13.6. The number of aromatic hydroxyl groups is 1. The van der Waals surface area contributed by atoms with Gasteiger partial charge in [-0.2, -0.15) is 0 Å². The Labute approximate surface area is 228 Å². The lowest BCUT2D eigenvalue weighted by molar-refractivity contribution is -0.156. The molecule has 1 N–H and O–H groups in total. The molecule has 1 amide bonds. The number of hydrogen-bond acceptors (Lipinski definition) is 8. The number of Topliss-reactive ketones (excluding diaryl/α,β-unsaturated/α-hetero) is 1. The van der Waals surface area contributed by atoms with Crippen molar-refractivity contribution in [2.45, 2.75) is 97.7 Å². The molecule has 1 aromatic carbocycles. The first-order chi connectivity index (χ1) is 18.0. The van der Waals surface area contributed by atoms with E-state index in [2.05, 4.69) is 0 Å². The smallest absolute Gasteiger partial charge is 0.414 e. The summed E-state index contributed by atoms with van der Waals surface area (Å²) in [7, 11) is 0. The number of amides is 1. The van der Waals surface area contributed by atoms with E-state index in [9.17, 15) is 23.9 Å². The summed E-state index contributed by atoms with van der Waals surface area (Å²) >= 11 is 0. The Morgan fingerprint density at radius 3 is 2.51 bits per heavy atom. The topological polar surface area (TPSA) is 112 Å². The van der Waals surface area contributed by atoms with Crippen LogP contribution in [0.15, 0.2) is 29.9 Å². The van der Waals surface area contributed by atoms with Gasteiger partial charge in [0.05, 0.1) is 11.8 Å². The molecule has 214 valence electrons. The van der Waals surface area contributed by atoms with Crippen molar-refractivity contribution in [2.75, 3.05) is 11.4 Å². The number of anilines is 1. The minimum absolute atomic E-state index is 0.125. The number of ketones is 1. The first-order valence-corrected chi connectivity index (χ1v) is 13.0. The van der Waals surface area contributed by atoms with Gasteiger partial charge < -0.3 is 24.1 Å². The molecule has 3 rings (SSSR count). The average Bonchev–Trinajstić information content (AvgIpc) is 3.10. The number of cyclic esters (lactones) is 1. The lowest BCUT2D eigenvalue weighted by Crippen LogP contribution is -2.37. The van der Waals surface area contributed by atoms with Gasteiger partial charge in [-0.1, -0.05) is 12.2 Å². The highest BCUT2D eigenvalue weighted by molar-refractivity contribution is 5.99. The SMILES string of the molecule is CCN(C(=O)OC(C)(C)C)c1cc(O)c2c(c1)C=CC[C@@H]1OC(C)(C)O[C@@H]1C(=O)C(F)C=C(C)[C@H](C)OC2=O. The second-order valence-corrected chi connectivity index (χ2v) is 11.1. The molecule has 0 saturated carbocycles. The first kappa shape index (κ1) is 30.3. The summed E-state index contributed by atoms with van der Waals surface area (Å²) in [5.41, 5.74) is 0.0226. The van der Waals surface area contributed by atoms with E-state index in [0.29, 0.717) is 11.3 Å². The van der Waals surface area contributed by atoms with Gasteiger partial charge in [0, 0.05) is 12.6 Å². The maximum Gasteiger partial charge on any atom is 0.414 e. The van der Waals surface area contributed by atoms with Gasteiger partial charge in [-0.3, -0.25) is 9.69 Å². The van der Waals surface area contributed by atoms with Gasteiger partial charge in [0.1, 0.15) is 29.1 Å². The predicted molar refractivity (Wildman–Crippen MR) is 143 cm³/mol. The van der Waals surface area contributed by atoms with E-state index in [4.69, 9.17) is 18.9 Å². The van der Waals surface area contributed by atoms with Gasteiger partial charge in [0.25, 0.3) is 0 Å². The molecule has 4 atom stereocenters. The van der Waals surface area contributed by atoms with Gasteiger partial charge >= 0.3 is 12.1 Å². The predicted octanol–water partition coefficient (Wildman–Crippen LogP) is 5.49. The van der Waals surface area contributed by atoms with Crippen LogP contribution in [-0.2, 0) is 23.7 Å². The van der Waals surface area contributed by atoms with E-state index in [0.717, 1.165) is 6.08 Å². The highest BCUT2D eigenvalue weighted by Gasteiger charge is 2.46. The van der Waals surface area contributed by atoms with Crippen LogP contribution in [0, 0.1) is 0 Å². The molecule has 1 aromatic rings. The molecule has 0 aliphatic carbocycles. The molecule has 1 saturated heterocycles. The average molecular weight is 548 g/mol. The molecule has 9 nitrogen and oxygen atoms in total. The summed E-state index contributed by atoms with van der Waals surface area (Å²) in [5, 5.41) is 10.9. The lowest BCUT2D eigenvalue weighted by Gasteiger charge is -2.27. The van der Waals surface area contributed by atoms with Crippen LogP contribution in [-0.4, -0.2) is 65.4 Å². The zero-order chi connectivity index (χ0) is 29.3. The molecule has 2 aliphatic heterocycles. The Morgan fingerprint density at radius 1 is 1.23 bits per heavy atom. The summed E-state index contributed by atoms with van der Waals surface area (Å²) in [6.07, 6.45) is -0.991. The second kappa shape index (κ2) is 11.5. The third kappa shape index (κ3) is 7.24. The van der Waals surface area contributed by atoms with E-state index in [1.54, 1.807) is 66.7 Å². The minimum Gasteiger partial charge on any atom is -0.507 e. The van der Waals surface area contributed by atoms with E-state index < -0.39 is 59.5 Å². The minimum atomic E-state index is -1.99. The number of phenols is 1. The van der Waals surface area contributed by atoms with Crippen LogP contribution in [0.4, 0.5) is 14.9 Å². The summed E-state index contributed by atoms with van der Waals surface area (Å²) in [6, 6.07) is 2.86. The Balaban J connectivity index is 2.10. The number of halogens is 1. The number of phenolic OH excluding ortho intramolecular Hbond substituents is 1. The number of nitrogens with zero attached hydrogens (tertiary/aromatic N) is 1. The molecule has 2 heterocycles. The summed E-state index contributed by atoms with van der Waals surface area (Å²) in [4.78, 5) is 40.3. The van der Waals surface area contributed by atoms with Crippen molar-refractivity contribution in [2.24, 2.45) is 0 Å². The van der Waals surface area contributed by atoms with Crippen LogP contribution in [0.1, 0.15) is 77.7 Å². The van der Waals surface area contributed by atoms with Crippen molar-refractivity contribution in [3.63, 3.8) is 0 Å². The van der Waals surface area contributed by atoms with E-state index >= 15 is 0 Å². The van der Waals surface area contributed by atoms with Gasteiger partial charge in [0.2, 0.25) is 5.78 Å². The molecule has 0 bridgehead atoms. The van der Waals surface area contributed by atoms with E-state index in [1.165, 1.54) is 17.9 Å². The number of hydrogen-bond donors (Lipinski definition) is 1. The number of carbonyl (C=O) groups excluding carboxylic acids is 3. The third-order valence-electron chi connectivity index (χ3n) is 6.31. The standard InChI is InChI=1S/C29H38FNO8/c1-9-31(27(35)39-28(4,5)6)19-14-18-11-10-12-22-25(38-29(7,8)37-22)24(33)20(30)13-16(2)17(3)36-26(34)23(18)21(32)15-19/h10-11,13-15,17,20,22,25,32H,9,12H2,1-8H3/t17-,20?,22-,25-/m0/s1. The fourth-order valence-electron chi connectivity index (χ4n) is 4.37. The van der Waals surface area contributed by atoms with Crippen molar-refractivity contribution < 1.29 is 42.8 Å². The Bertz CT molecular complexity index is 1180. The first-order valence-electron chi connectivity index (χ1n) is 13.0. The number of fused-ring (bicyclic) bond motifs is 2. The largest absolute Gasteiger partial charge is 0.507 e. The molecule has 39 heavy (non-hydrogen) atoms. The maximum atomic E-state index is 15.0. The lowest BCUT2D eigenvalue weighted by atomic mass is 9.99. The number of alkyl halides is 1.